The van der Waals surface area contributed by atoms with Crippen LogP contribution in [0, 0.1) is 6.42 Å². The van der Waals surface area contributed by atoms with Crippen LogP contribution in [0.2, 0.25) is 0 Å². The van der Waals surface area contributed by atoms with Crippen LogP contribution in [0.4, 0.5) is 0 Å². The number of hydrogen-bond acceptors (Lipinski definition) is 2. The van der Waals surface area contributed by atoms with Crippen molar-refractivity contribution in [2.24, 2.45) is 0 Å². The van der Waals surface area contributed by atoms with Crippen LogP contribution in [0.3, 0.4) is 0 Å². The normalized spacial score (nSPS) is 13.9. The summed E-state index contributed by atoms with van der Waals surface area (Å²) in [4.78, 5) is 0. The van der Waals surface area contributed by atoms with E-state index in [0.29, 0.717) is 6.61 Å². The van der Waals surface area contributed by atoms with Crippen molar-refractivity contribution in [2.45, 2.75) is 20.0 Å². The van der Waals surface area contributed by atoms with E-state index in [2.05, 4.69) is 0 Å². The van der Waals surface area contributed by atoms with Crippen molar-refractivity contribution in [1.82, 2.24) is 0 Å². The molecule has 1 N–H and O–H groups in total. The van der Waals surface area contributed by atoms with Gasteiger partial charge in [-0.15, -0.1) is 0 Å². The van der Waals surface area contributed by atoms with Crippen molar-refractivity contribution in [3.63, 3.8) is 0 Å². The van der Waals surface area contributed by atoms with Gasteiger partial charge in [-0.1, -0.05) is 6.92 Å². The number of aliphatic hydroxyl groups excluding tert-OH is 1. The van der Waals surface area contributed by atoms with E-state index in [1.807, 2.05) is 20.3 Å². The van der Waals surface area contributed by atoms with Gasteiger partial charge >= 0.3 is 0 Å². The lowest BCUT2D eigenvalue weighted by Crippen LogP contribution is -2.09. The molecule has 0 aliphatic carbocycles. The molecule has 49 valence electrons. The van der Waals surface area contributed by atoms with Crippen LogP contribution in [0.1, 0.15) is 13.8 Å². The van der Waals surface area contributed by atoms with Crippen LogP contribution in [-0.2, 0) is 4.74 Å². The fourth-order valence-electron chi connectivity index (χ4n) is 0.335. The fourth-order valence-corrected chi connectivity index (χ4v) is 0.335. The molecule has 2 nitrogen and oxygen atoms in total. The monoisotopic (exact) mass is 117 g/mol. The third-order valence-electron chi connectivity index (χ3n) is 0.941. The lowest BCUT2D eigenvalue weighted by molar-refractivity contribution is 0.0563. The van der Waals surface area contributed by atoms with Gasteiger partial charge in [-0.2, -0.15) is 0 Å². The molecular weight excluding hydrogens is 104 g/mol. The lowest BCUT2D eigenvalue weighted by atomic mass is 10.3. The minimum atomic E-state index is 0.109. The van der Waals surface area contributed by atoms with Gasteiger partial charge in [-0.3, -0.25) is 0 Å². The molecule has 0 aromatic rings. The minimum Gasteiger partial charge on any atom is -0.394 e. The highest BCUT2D eigenvalue weighted by Gasteiger charge is 1.94. The summed E-state index contributed by atoms with van der Waals surface area (Å²) < 4.78 is 5.03. The molecule has 8 heavy (non-hydrogen) atoms. The van der Waals surface area contributed by atoms with Gasteiger partial charge in [0.2, 0.25) is 0 Å². The molecule has 0 amide bonds. The average Bonchev–Trinajstić information content (AvgIpc) is 1.83. The highest BCUT2D eigenvalue weighted by atomic mass is 16.5. The summed E-state index contributed by atoms with van der Waals surface area (Å²) in [6.45, 7) is 4.42. The van der Waals surface area contributed by atoms with Crippen LogP contribution in [0.15, 0.2) is 0 Å². The SMILES string of the molecule is C[CH]C(C)OCCO. The van der Waals surface area contributed by atoms with Crippen molar-refractivity contribution < 1.29 is 9.84 Å². The highest BCUT2D eigenvalue weighted by molar-refractivity contribution is 4.64. The zero-order chi connectivity index (χ0) is 6.41. The second-order valence-electron chi connectivity index (χ2n) is 1.63. The Labute approximate surface area is 50.5 Å². The molecule has 2 heteroatoms. The Morgan fingerprint density at radius 3 is 2.75 bits per heavy atom. The molecule has 0 bridgehead atoms. The van der Waals surface area contributed by atoms with Gasteiger partial charge in [0.1, 0.15) is 0 Å². The standard InChI is InChI=1S/C6H13O2/c1-3-6(2)8-5-4-7/h3,6-7H,4-5H2,1-2H3. The highest BCUT2D eigenvalue weighted by Crippen LogP contribution is 1.91. The predicted molar refractivity (Wildman–Crippen MR) is 32.5 cm³/mol. The van der Waals surface area contributed by atoms with Gasteiger partial charge in [0, 0.05) is 0 Å². The Kier molecular flexibility index (Phi) is 5.01. The molecule has 0 aliphatic rings. The maximum atomic E-state index is 8.27. The molecule has 0 aliphatic heterocycles. The summed E-state index contributed by atoms with van der Waals surface area (Å²) in [5, 5.41) is 8.27. The lowest BCUT2D eigenvalue weighted by Gasteiger charge is -2.06. The van der Waals surface area contributed by atoms with Crippen LogP contribution in [0.5, 0.6) is 0 Å². The Morgan fingerprint density at radius 2 is 2.38 bits per heavy atom. The Bertz CT molecular complexity index is 45.8. The van der Waals surface area contributed by atoms with Gasteiger partial charge in [0.05, 0.1) is 19.3 Å². The maximum Gasteiger partial charge on any atom is 0.0701 e. The van der Waals surface area contributed by atoms with E-state index >= 15 is 0 Å². The molecule has 1 unspecified atom stereocenters. The van der Waals surface area contributed by atoms with Crippen molar-refractivity contribution in [1.29, 1.82) is 0 Å². The molecule has 0 spiro atoms. The smallest absolute Gasteiger partial charge is 0.0701 e. The number of ether oxygens (including phenoxy) is 1. The van der Waals surface area contributed by atoms with Gasteiger partial charge in [0.25, 0.3) is 0 Å². The molecule has 0 saturated carbocycles. The topological polar surface area (TPSA) is 29.5 Å². The molecule has 0 aromatic heterocycles. The van der Waals surface area contributed by atoms with Crippen LogP contribution in [-0.4, -0.2) is 24.4 Å². The fraction of sp³-hybridized carbons (Fsp3) is 0.833. The first-order valence-corrected chi connectivity index (χ1v) is 2.83. The van der Waals surface area contributed by atoms with E-state index in [-0.39, 0.29) is 12.7 Å². The zero-order valence-corrected chi connectivity index (χ0v) is 5.42. The quantitative estimate of drug-likeness (QED) is 0.584. The molecule has 1 radical (unpaired) electrons. The van der Waals surface area contributed by atoms with Gasteiger partial charge in [0.15, 0.2) is 0 Å². The third-order valence-corrected chi connectivity index (χ3v) is 0.941. The number of aliphatic hydroxyl groups is 1. The van der Waals surface area contributed by atoms with Crippen LogP contribution < -0.4 is 0 Å². The summed E-state index contributed by atoms with van der Waals surface area (Å²) in [6, 6.07) is 0. The summed E-state index contributed by atoms with van der Waals surface area (Å²) in [5.74, 6) is 0. The molecule has 1 atom stereocenters. The van der Waals surface area contributed by atoms with Gasteiger partial charge in [-0.25, -0.2) is 0 Å². The van der Waals surface area contributed by atoms with Gasteiger partial charge < -0.3 is 9.84 Å². The second kappa shape index (κ2) is 5.06. The zero-order valence-electron chi connectivity index (χ0n) is 5.42. The van der Waals surface area contributed by atoms with E-state index in [9.17, 15) is 0 Å². The Hall–Kier alpha value is -0.0800. The van der Waals surface area contributed by atoms with Crippen LogP contribution in [0.25, 0.3) is 0 Å². The number of hydrogen-bond donors (Lipinski definition) is 1. The molecule has 0 heterocycles. The van der Waals surface area contributed by atoms with Crippen LogP contribution >= 0.6 is 0 Å². The minimum absolute atomic E-state index is 0.109. The summed E-state index contributed by atoms with van der Waals surface area (Å²) in [6.07, 6.45) is 2.11. The summed E-state index contributed by atoms with van der Waals surface area (Å²) in [7, 11) is 0. The average molecular weight is 117 g/mol. The first-order chi connectivity index (χ1) is 3.81. The summed E-state index contributed by atoms with van der Waals surface area (Å²) >= 11 is 0. The van der Waals surface area contributed by atoms with E-state index in [1.165, 1.54) is 0 Å². The predicted octanol–water partition coefficient (Wildman–Crippen LogP) is 0.608. The number of rotatable bonds is 4. The van der Waals surface area contributed by atoms with E-state index < -0.39 is 0 Å². The first kappa shape index (κ1) is 7.92. The van der Waals surface area contributed by atoms with Crippen molar-refractivity contribution in [2.75, 3.05) is 13.2 Å². The van der Waals surface area contributed by atoms with Crippen molar-refractivity contribution >= 4 is 0 Å². The van der Waals surface area contributed by atoms with Crippen molar-refractivity contribution in [3.05, 3.63) is 6.42 Å². The summed E-state index contributed by atoms with van der Waals surface area (Å²) in [5.41, 5.74) is 0. The molecular formula is C6H13O2. The molecule has 0 fully saturated rings. The maximum absolute atomic E-state index is 8.27. The van der Waals surface area contributed by atoms with Crippen molar-refractivity contribution in [3.8, 4) is 0 Å². The third kappa shape index (κ3) is 4.09. The van der Waals surface area contributed by atoms with E-state index in [4.69, 9.17) is 9.84 Å². The first-order valence-electron chi connectivity index (χ1n) is 2.83. The second-order valence-corrected chi connectivity index (χ2v) is 1.63. The molecule has 0 aromatic carbocycles. The van der Waals surface area contributed by atoms with Gasteiger partial charge in [-0.05, 0) is 13.3 Å². The molecule has 0 rings (SSSR count). The van der Waals surface area contributed by atoms with E-state index in [0.717, 1.165) is 0 Å². The largest absolute Gasteiger partial charge is 0.394 e. The Balaban J connectivity index is 2.86. The Morgan fingerprint density at radius 1 is 1.75 bits per heavy atom. The molecule has 0 saturated heterocycles. The van der Waals surface area contributed by atoms with E-state index in [1.54, 1.807) is 0 Å².